The Morgan fingerprint density at radius 2 is 1.92 bits per heavy atom. The Kier molecular flexibility index (Phi) is 4.17. The highest BCUT2D eigenvalue weighted by molar-refractivity contribution is 5.92. The lowest BCUT2D eigenvalue weighted by molar-refractivity contribution is 0.478. The maximum Gasteiger partial charge on any atom is 0.151 e. The van der Waals surface area contributed by atoms with E-state index in [2.05, 4.69) is 56.1 Å². The van der Waals surface area contributed by atoms with Gasteiger partial charge in [-0.1, -0.05) is 12.1 Å². The molecule has 1 aromatic carbocycles. The second-order valence-corrected chi connectivity index (χ2v) is 6.58. The Hall–Kier alpha value is -2.76. The van der Waals surface area contributed by atoms with Gasteiger partial charge in [-0.2, -0.15) is 5.10 Å². The number of aromatic nitrogens is 4. The zero-order valence-corrected chi connectivity index (χ0v) is 14.6. The molecule has 2 aromatic heterocycles. The molecule has 6 heteroatoms. The van der Waals surface area contributed by atoms with E-state index in [0.29, 0.717) is 6.04 Å². The largest absolute Gasteiger partial charge is 0.356 e. The van der Waals surface area contributed by atoms with Gasteiger partial charge in [0.2, 0.25) is 0 Å². The van der Waals surface area contributed by atoms with E-state index >= 15 is 0 Å². The van der Waals surface area contributed by atoms with Crippen LogP contribution < -0.4 is 9.80 Å². The molecule has 6 nitrogen and oxygen atoms in total. The van der Waals surface area contributed by atoms with Crippen LogP contribution in [0.5, 0.6) is 0 Å². The van der Waals surface area contributed by atoms with Crippen molar-refractivity contribution in [1.82, 2.24) is 20.2 Å². The predicted octanol–water partition coefficient (Wildman–Crippen LogP) is 2.83. The highest BCUT2D eigenvalue weighted by Gasteiger charge is 2.25. The molecule has 1 aliphatic heterocycles. The molecule has 1 fully saturated rings. The third-order valence-electron chi connectivity index (χ3n) is 5.08. The SMILES string of the molecule is Cc1cccc2ncnc(N(C)C3CCN(c4cccnn4)CC3)c12. The van der Waals surface area contributed by atoms with Crippen molar-refractivity contribution in [3.05, 3.63) is 48.4 Å². The summed E-state index contributed by atoms with van der Waals surface area (Å²) in [5, 5.41) is 9.37. The van der Waals surface area contributed by atoms with Gasteiger partial charge in [-0.15, -0.1) is 5.10 Å². The minimum absolute atomic E-state index is 0.464. The van der Waals surface area contributed by atoms with Gasteiger partial charge in [0, 0.05) is 37.8 Å². The van der Waals surface area contributed by atoms with Crippen molar-refractivity contribution in [1.29, 1.82) is 0 Å². The summed E-state index contributed by atoms with van der Waals surface area (Å²) < 4.78 is 0. The fourth-order valence-electron chi connectivity index (χ4n) is 3.65. The lowest BCUT2D eigenvalue weighted by Gasteiger charge is -2.38. The lowest BCUT2D eigenvalue weighted by Crippen LogP contribution is -2.44. The maximum absolute atomic E-state index is 4.60. The first kappa shape index (κ1) is 15.7. The molecule has 3 heterocycles. The van der Waals surface area contributed by atoms with Gasteiger partial charge in [0.05, 0.1) is 5.52 Å². The van der Waals surface area contributed by atoms with Crippen LogP contribution in [0.1, 0.15) is 18.4 Å². The topological polar surface area (TPSA) is 58.0 Å². The van der Waals surface area contributed by atoms with Gasteiger partial charge in [-0.3, -0.25) is 0 Å². The van der Waals surface area contributed by atoms with Crippen LogP contribution in [0, 0.1) is 6.92 Å². The normalized spacial score (nSPS) is 15.5. The zero-order chi connectivity index (χ0) is 17.2. The Balaban J connectivity index is 1.54. The van der Waals surface area contributed by atoms with E-state index in [1.807, 2.05) is 18.2 Å². The number of anilines is 2. The van der Waals surface area contributed by atoms with E-state index < -0.39 is 0 Å². The van der Waals surface area contributed by atoms with E-state index in [1.54, 1.807) is 12.5 Å². The standard InChI is InChI=1S/C19H22N6/c1-14-5-3-6-16-18(14)19(21-13-20-16)24(2)15-8-11-25(12-9-15)17-7-4-10-22-23-17/h3-7,10,13,15H,8-9,11-12H2,1-2H3. The van der Waals surface area contributed by atoms with Gasteiger partial charge >= 0.3 is 0 Å². The molecular formula is C19H22N6. The number of piperidine rings is 1. The predicted molar refractivity (Wildman–Crippen MR) is 99.9 cm³/mol. The summed E-state index contributed by atoms with van der Waals surface area (Å²) in [6, 6.07) is 10.7. The highest BCUT2D eigenvalue weighted by atomic mass is 15.3. The Morgan fingerprint density at radius 3 is 2.68 bits per heavy atom. The summed E-state index contributed by atoms with van der Waals surface area (Å²) in [5.41, 5.74) is 2.23. The fourth-order valence-corrected chi connectivity index (χ4v) is 3.65. The highest BCUT2D eigenvalue weighted by Crippen LogP contribution is 2.29. The molecule has 0 amide bonds. The molecule has 0 saturated carbocycles. The van der Waals surface area contributed by atoms with Crippen molar-refractivity contribution in [2.75, 3.05) is 29.9 Å². The van der Waals surface area contributed by atoms with E-state index in [-0.39, 0.29) is 0 Å². The van der Waals surface area contributed by atoms with Gasteiger partial charge in [0.1, 0.15) is 12.1 Å². The third-order valence-corrected chi connectivity index (χ3v) is 5.08. The van der Waals surface area contributed by atoms with Gasteiger partial charge in [-0.05, 0) is 43.5 Å². The van der Waals surface area contributed by atoms with E-state index in [0.717, 1.165) is 48.5 Å². The summed E-state index contributed by atoms with van der Waals surface area (Å²) in [6.07, 6.45) is 5.53. The monoisotopic (exact) mass is 334 g/mol. The molecule has 0 aliphatic carbocycles. The minimum atomic E-state index is 0.464. The van der Waals surface area contributed by atoms with Crippen molar-refractivity contribution in [2.45, 2.75) is 25.8 Å². The molecule has 128 valence electrons. The summed E-state index contributed by atoms with van der Waals surface area (Å²) in [7, 11) is 2.15. The van der Waals surface area contributed by atoms with Gasteiger partial charge in [0.15, 0.2) is 5.82 Å². The van der Waals surface area contributed by atoms with E-state index in [1.165, 1.54) is 5.56 Å². The fraction of sp³-hybridized carbons (Fsp3) is 0.368. The second kappa shape index (κ2) is 6.63. The molecule has 1 saturated heterocycles. The molecule has 0 spiro atoms. The molecule has 0 atom stereocenters. The van der Waals surface area contributed by atoms with Crippen molar-refractivity contribution in [2.24, 2.45) is 0 Å². The first-order chi connectivity index (χ1) is 12.2. The lowest BCUT2D eigenvalue weighted by atomic mass is 10.0. The molecular weight excluding hydrogens is 312 g/mol. The summed E-state index contributed by atoms with van der Waals surface area (Å²) in [4.78, 5) is 13.7. The number of hydrogen-bond acceptors (Lipinski definition) is 6. The summed E-state index contributed by atoms with van der Waals surface area (Å²) >= 11 is 0. The van der Waals surface area contributed by atoms with E-state index in [4.69, 9.17) is 0 Å². The van der Waals surface area contributed by atoms with Crippen LogP contribution in [0.3, 0.4) is 0 Å². The van der Waals surface area contributed by atoms with Crippen molar-refractivity contribution < 1.29 is 0 Å². The number of nitrogens with zero attached hydrogens (tertiary/aromatic N) is 6. The van der Waals surface area contributed by atoms with Crippen LogP contribution in [0.2, 0.25) is 0 Å². The van der Waals surface area contributed by atoms with Gasteiger partial charge in [0.25, 0.3) is 0 Å². The minimum Gasteiger partial charge on any atom is -0.356 e. The molecule has 0 bridgehead atoms. The van der Waals surface area contributed by atoms with Gasteiger partial charge < -0.3 is 9.80 Å². The maximum atomic E-state index is 4.60. The molecule has 0 radical (unpaired) electrons. The number of benzene rings is 1. The molecule has 3 aromatic rings. The van der Waals surface area contributed by atoms with Crippen LogP contribution in [0.4, 0.5) is 11.6 Å². The molecule has 0 N–H and O–H groups in total. The second-order valence-electron chi connectivity index (χ2n) is 6.58. The smallest absolute Gasteiger partial charge is 0.151 e. The van der Waals surface area contributed by atoms with Crippen LogP contribution in [0.15, 0.2) is 42.9 Å². The Bertz CT molecular complexity index is 853. The van der Waals surface area contributed by atoms with Crippen molar-refractivity contribution >= 4 is 22.5 Å². The average Bonchev–Trinajstić information content (AvgIpc) is 2.68. The molecule has 4 rings (SSSR count). The first-order valence-corrected chi connectivity index (χ1v) is 8.70. The van der Waals surface area contributed by atoms with Crippen LogP contribution in [-0.4, -0.2) is 46.3 Å². The van der Waals surface area contributed by atoms with Crippen LogP contribution in [-0.2, 0) is 0 Å². The van der Waals surface area contributed by atoms with Crippen molar-refractivity contribution in [3.63, 3.8) is 0 Å². The number of hydrogen-bond donors (Lipinski definition) is 0. The summed E-state index contributed by atoms with van der Waals surface area (Å²) in [6.45, 7) is 4.09. The third kappa shape index (κ3) is 2.99. The Labute approximate surface area is 147 Å². The van der Waals surface area contributed by atoms with Crippen LogP contribution in [0.25, 0.3) is 10.9 Å². The Morgan fingerprint density at radius 1 is 1.08 bits per heavy atom. The number of fused-ring (bicyclic) bond motifs is 1. The first-order valence-electron chi connectivity index (χ1n) is 8.70. The quantitative estimate of drug-likeness (QED) is 0.734. The molecule has 1 aliphatic rings. The number of rotatable bonds is 3. The molecule has 0 unspecified atom stereocenters. The number of aryl methyl sites for hydroxylation is 1. The van der Waals surface area contributed by atoms with Gasteiger partial charge in [-0.25, -0.2) is 9.97 Å². The summed E-state index contributed by atoms with van der Waals surface area (Å²) in [5.74, 6) is 1.99. The van der Waals surface area contributed by atoms with E-state index in [9.17, 15) is 0 Å². The van der Waals surface area contributed by atoms with Crippen LogP contribution >= 0.6 is 0 Å². The molecule has 25 heavy (non-hydrogen) atoms. The average molecular weight is 334 g/mol. The van der Waals surface area contributed by atoms with Crippen molar-refractivity contribution in [3.8, 4) is 0 Å². The zero-order valence-electron chi connectivity index (χ0n) is 14.6.